The number of likely N-dealkylation sites (tertiary alicyclic amines) is 1. The second kappa shape index (κ2) is 8.29. The number of piperazine rings is 1. The van der Waals surface area contributed by atoms with Gasteiger partial charge in [-0.1, -0.05) is 12.1 Å². The standard InChI is InChI=1S/C21H31N3O4/c1-21(2,3)28-20(26)24-11-7-9-17(24)19(25)23-14-12-22(13-15-23)16-8-5-6-10-18(16)27-4/h5-6,8,10,17H,7,9,11-15H2,1-4H3. The molecular formula is C21H31N3O4. The van der Waals surface area contributed by atoms with E-state index >= 15 is 0 Å². The van der Waals surface area contributed by atoms with Crippen LogP contribution in [0.5, 0.6) is 5.75 Å². The maximum absolute atomic E-state index is 13.1. The molecule has 1 aromatic carbocycles. The fourth-order valence-corrected chi connectivity index (χ4v) is 3.83. The van der Waals surface area contributed by atoms with Crippen LogP contribution >= 0.6 is 0 Å². The van der Waals surface area contributed by atoms with E-state index in [9.17, 15) is 9.59 Å². The maximum atomic E-state index is 13.1. The first-order valence-electron chi connectivity index (χ1n) is 9.96. The second-order valence-corrected chi connectivity index (χ2v) is 8.32. The van der Waals surface area contributed by atoms with Crippen LogP contribution in [0.1, 0.15) is 33.6 Å². The van der Waals surface area contributed by atoms with Gasteiger partial charge in [0.15, 0.2) is 0 Å². The fraction of sp³-hybridized carbons (Fsp3) is 0.619. The summed E-state index contributed by atoms with van der Waals surface area (Å²) in [5.41, 5.74) is 0.488. The Balaban J connectivity index is 1.61. The minimum absolute atomic E-state index is 0.0306. The van der Waals surface area contributed by atoms with E-state index in [0.29, 0.717) is 26.1 Å². The number of para-hydroxylation sites is 2. The summed E-state index contributed by atoms with van der Waals surface area (Å²) in [4.78, 5) is 31.3. The Hall–Kier alpha value is -2.44. The van der Waals surface area contributed by atoms with E-state index in [1.807, 2.05) is 49.9 Å². The van der Waals surface area contributed by atoms with E-state index in [2.05, 4.69) is 4.90 Å². The molecule has 0 aliphatic carbocycles. The van der Waals surface area contributed by atoms with Gasteiger partial charge in [-0.15, -0.1) is 0 Å². The Morgan fingerprint density at radius 1 is 1.04 bits per heavy atom. The highest BCUT2D eigenvalue weighted by atomic mass is 16.6. The number of carbonyl (C=O) groups is 2. The highest BCUT2D eigenvalue weighted by Crippen LogP contribution is 2.29. The van der Waals surface area contributed by atoms with Gasteiger partial charge in [0.25, 0.3) is 0 Å². The first-order valence-corrected chi connectivity index (χ1v) is 9.96. The van der Waals surface area contributed by atoms with Crippen molar-refractivity contribution in [3.05, 3.63) is 24.3 Å². The third-order valence-corrected chi connectivity index (χ3v) is 5.18. The third-order valence-electron chi connectivity index (χ3n) is 5.18. The van der Waals surface area contributed by atoms with Crippen molar-refractivity contribution in [2.75, 3.05) is 44.7 Å². The van der Waals surface area contributed by atoms with E-state index in [0.717, 1.165) is 30.9 Å². The molecule has 0 radical (unpaired) electrons. The van der Waals surface area contributed by atoms with Crippen LogP contribution < -0.4 is 9.64 Å². The molecule has 154 valence electrons. The summed E-state index contributed by atoms with van der Waals surface area (Å²) in [6.07, 6.45) is 1.14. The summed E-state index contributed by atoms with van der Waals surface area (Å²) in [5, 5.41) is 0. The van der Waals surface area contributed by atoms with Crippen LogP contribution in [0.15, 0.2) is 24.3 Å². The number of rotatable bonds is 3. The molecule has 0 N–H and O–H groups in total. The Morgan fingerprint density at radius 2 is 1.71 bits per heavy atom. The van der Waals surface area contributed by atoms with E-state index in [4.69, 9.17) is 9.47 Å². The smallest absolute Gasteiger partial charge is 0.410 e. The molecule has 1 unspecified atom stereocenters. The molecule has 2 heterocycles. The molecule has 0 saturated carbocycles. The van der Waals surface area contributed by atoms with Gasteiger partial charge < -0.3 is 19.3 Å². The fourth-order valence-electron chi connectivity index (χ4n) is 3.83. The Morgan fingerprint density at radius 3 is 2.36 bits per heavy atom. The first kappa shape index (κ1) is 20.3. The summed E-state index contributed by atoms with van der Waals surface area (Å²) < 4.78 is 10.9. The lowest BCUT2D eigenvalue weighted by Crippen LogP contribution is -2.55. The van der Waals surface area contributed by atoms with Crippen molar-refractivity contribution in [2.45, 2.75) is 45.3 Å². The van der Waals surface area contributed by atoms with Gasteiger partial charge in [0.2, 0.25) is 5.91 Å². The van der Waals surface area contributed by atoms with Gasteiger partial charge in [-0.05, 0) is 45.7 Å². The highest BCUT2D eigenvalue weighted by molar-refractivity contribution is 5.86. The van der Waals surface area contributed by atoms with E-state index in [-0.39, 0.29) is 5.91 Å². The zero-order valence-corrected chi connectivity index (χ0v) is 17.3. The van der Waals surface area contributed by atoms with Gasteiger partial charge in [0.05, 0.1) is 12.8 Å². The predicted molar refractivity (Wildman–Crippen MR) is 108 cm³/mol. The topological polar surface area (TPSA) is 62.3 Å². The molecule has 2 fully saturated rings. The van der Waals surface area contributed by atoms with Crippen LogP contribution in [0, 0.1) is 0 Å². The molecule has 0 spiro atoms. The van der Waals surface area contributed by atoms with Gasteiger partial charge in [0.1, 0.15) is 17.4 Å². The molecule has 28 heavy (non-hydrogen) atoms. The number of methoxy groups -OCH3 is 1. The average molecular weight is 389 g/mol. The van der Waals surface area contributed by atoms with Crippen molar-refractivity contribution in [1.82, 2.24) is 9.80 Å². The normalized spacial score (nSPS) is 20.3. The summed E-state index contributed by atoms with van der Waals surface area (Å²) >= 11 is 0. The summed E-state index contributed by atoms with van der Waals surface area (Å²) in [6.45, 7) is 8.85. The highest BCUT2D eigenvalue weighted by Gasteiger charge is 2.39. The lowest BCUT2D eigenvalue weighted by Gasteiger charge is -2.38. The number of hydrogen-bond donors (Lipinski definition) is 0. The maximum Gasteiger partial charge on any atom is 0.410 e. The van der Waals surface area contributed by atoms with Crippen molar-refractivity contribution >= 4 is 17.7 Å². The Bertz CT molecular complexity index is 708. The van der Waals surface area contributed by atoms with Crippen LogP contribution in [0.3, 0.4) is 0 Å². The van der Waals surface area contributed by atoms with Gasteiger partial charge in [-0.25, -0.2) is 4.79 Å². The van der Waals surface area contributed by atoms with Gasteiger partial charge in [-0.3, -0.25) is 9.69 Å². The third kappa shape index (κ3) is 4.51. The van der Waals surface area contributed by atoms with Crippen molar-refractivity contribution in [1.29, 1.82) is 0 Å². The number of amides is 2. The monoisotopic (exact) mass is 389 g/mol. The molecule has 3 rings (SSSR count). The van der Waals surface area contributed by atoms with E-state index < -0.39 is 17.7 Å². The zero-order valence-electron chi connectivity index (χ0n) is 17.3. The SMILES string of the molecule is COc1ccccc1N1CCN(C(=O)C2CCCN2C(=O)OC(C)(C)C)CC1. The number of benzene rings is 1. The Labute approximate surface area is 167 Å². The minimum atomic E-state index is -0.562. The summed E-state index contributed by atoms with van der Waals surface area (Å²) in [6, 6.07) is 7.52. The van der Waals surface area contributed by atoms with Crippen LogP contribution in [0.4, 0.5) is 10.5 Å². The van der Waals surface area contributed by atoms with Crippen molar-refractivity contribution in [3.63, 3.8) is 0 Å². The summed E-state index contributed by atoms with van der Waals surface area (Å²) in [5.74, 6) is 0.872. The second-order valence-electron chi connectivity index (χ2n) is 8.32. The minimum Gasteiger partial charge on any atom is -0.495 e. The lowest BCUT2D eigenvalue weighted by atomic mass is 10.1. The summed E-state index contributed by atoms with van der Waals surface area (Å²) in [7, 11) is 1.67. The largest absolute Gasteiger partial charge is 0.495 e. The van der Waals surface area contributed by atoms with Crippen LogP contribution in [0.2, 0.25) is 0 Å². The van der Waals surface area contributed by atoms with Crippen LogP contribution in [-0.4, -0.2) is 73.3 Å². The van der Waals surface area contributed by atoms with Crippen molar-refractivity contribution < 1.29 is 19.1 Å². The van der Waals surface area contributed by atoms with Crippen LogP contribution in [0.25, 0.3) is 0 Å². The molecular weight excluding hydrogens is 358 g/mol. The number of anilines is 1. The van der Waals surface area contributed by atoms with Gasteiger partial charge in [0, 0.05) is 32.7 Å². The molecule has 1 atom stereocenters. The quantitative estimate of drug-likeness (QED) is 0.795. The Kier molecular flexibility index (Phi) is 6.01. The van der Waals surface area contributed by atoms with Crippen molar-refractivity contribution in [3.8, 4) is 5.75 Å². The average Bonchev–Trinajstić information content (AvgIpc) is 3.16. The lowest BCUT2D eigenvalue weighted by molar-refractivity contribution is -0.136. The molecule has 7 heteroatoms. The molecule has 0 bridgehead atoms. The van der Waals surface area contributed by atoms with Crippen molar-refractivity contribution in [2.24, 2.45) is 0 Å². The van der Waals surface area contributed by atoms with Gasteiger partial charge >= 0.3 is 6.09 Å². The first-order chi connectivity index (χ1) is 13.3. The molecule has 2 saturated heterocycles. The molecule has 1 aromatic rings. The number of carbonyl (C=O) groups excluding carboxylic acids is 2. The zero-order chi connectivity index (χ0) is 20.3. The number of ether oxygens (including phenoxy) is 2. The van der Waals surface area contributed by atoms with Crippen LogP contribution in [-0.2, 0) is 9.53 Å². The molecule has 2 aliphatic heterocycles. The predicted octanol–water partition coefficient (Wildman–Crippen LogP) is 2.74. The van der Waals surface area contributed by atoms with Gasteiger partial charge in [-0.2, -0.15) is 0 Å². The number of hydrogen-bond acceptors (Lipinski definition) is 5. The molecule has 2 amide bonds. The van der Waals surface area contributed by atoms with E-state index in [1.165, 1.54) is 0 Å². The van der Waals surface area contributed by atoms with E-state index in [1.54, 1.807) is 12.0 Å². The number of nitrogens with zero attached hydrogens (tertiary/aromatic N) is 3. The molecule has 7 nitrogen and oxygen atoms in total. The molecule has 2 aliphatic rings. The molecule has 0 aromatic heterocycles.